The summed E-state index contributed by atoms with van der Waals surface area (Å²) in [5.74, 6) is 0.0270. The van der Waals surface area contributed by atoms with Crippen LogP contribution in [0.2, 0.25) is 0 Å². The molecule has 4 nitrogen and oxygen atoms in total. The topological polar surface area (TPSA) is 54.0 Å². The normalized spacial score (nSPS) is 17.0. The second-order valence-corrected chi connectivity index (χ2v) is 4.97. The fraction of sp³-hybridized carbons (Fsp3) is 0.231. The van der Waals surface area contributed by atoms with Gasteiger partial charge in [-0.1, -0.05) is 18.2 Å². The Morgan fingerprint density at radius 1 is 1.50 bits per heavy atom. The third-order valence-corrected chi connectivity index (χ3v) is 3.65. The van der Waals surface area contributed by atoms with E-state index in [2.05, 4.69) is 21.7 Å². The number of carbonyl (C=O) groups is 1. The first-order valence-electron chi connectivity index (χ1n) is 5.82. The van der Waals surface area contributed by atoms with Crippen LogP contribution >= 0.6 is 11.3 Å². The van der Waals surface area contributed by atoms with Crippen molar-refractivity contribution in [1.29, 1.82) is 0 Å². The molecule has 0 aliphatic carbocycles. The van der Waals surface area contributed by atoms with E-state index >= 15 is 0 Å². The lowest BCUT2D eigenvalue weighted by molar-refractivity contribution is -0.121. The first-order chi connectivity index (χ1) is 8.83. The molecule has 2 heterocycles. The van der Waals surface area contributed by atoms with Gasteiger partial charge in [0.2, 0.25) is 5.91 Å². The monoisotopic (exact) mass is 259 g/mol. The third-order valence-electron chi connectivity index (χ3n) is 3.01. The third kappa shape index (κ3) is 2.22. The minimum absolute atomic E-state index is 0.0270. The van der Waals surface area contributed by atoms with Crippen LogP contribution in [0.25, 0.3) is 0 Å². The molecule has 0 radical (unpaired) electrons. The standard InChI is InChI=1S/C13H13N3OS/c17-13(14-6-10-7-18-8-15-10)12-5-9-3-1-2-4-11(9)16-12/h1-4,7-8,12,16H,5-6H2,(H,14,17). The van der Waals surface area contributed by atoms with Gasteiger partial charge in [0.05, 0.1) is 17.7 Å². The maximum atomic E-state index is 12.0. The first kappa shape index (κ1) is 11.2. The molecule has 92 valence electrons. The zero-order valence-corrected chi connectivity index (χ0v) is 10.5. The van der Waals surface area contributed by atoms with Gasteiger partial charge in [-0.3, -0.25) is 4.79 Å². The van der Waals surface area contributed by atoms with Gasteiger partial charge in [0.15, 0.2) is 0 Å². The van der Waals surface area contributed by atoms with Gasteiger partial charge in [0, 0.05) is 17.5 Å². The van der Waals surface area contributed by atoms with Gasteiger partial charge in [-0.15, -0.1) is 11.3 Å². The van der Waals surface area contributed by atoms with Crippen molar-refractivity contribution >= 4 is 22.9 Å². The predicted molar refractivity (Wildman–Crippen MR) is 71.5 cm³/mol. The summed E-state index contributed by atoms with van der Waals surface area (Å²) in [4.78, 5) is 16.1. The Bertz CT molecular complexity index is 528. The number of hydrogen-bond acceptors (Lipinski definition) is 4. The number of thiazole rings is 1. The summed E-state index contributed by atoms with van der Waals surface area (Å²) in [5.41, 5.74) is 4.94. The van der Waals surface area contributed by atoms with Crippen LogP contribution in [0, 0.1) is 0 Å². The molecule has 2 aromatic rings. The highest BCUT2D eigenvalue weighted by Gasteiger charge is 2.25. The summed E-state index contributed by atoms with van der Waals surface area (Å²) in [6, 6.07) is 7.86. The molecule has 0 saturated carbocycles. The summed E-state index contributed by atoms with van der Waals surface area (Å²) in [6.07, 6.45) is 0.749. The largest absolute Gasteiger partial charge is 0.373 e. The van der Waals surface area contributed by atoms with Crippen LogP contribution in [-0.2, 0) is 17.8 Å². The Morgan fingerprint density at radius 2 is 2.39 bits per heavy atom. The van der Waals surface area contributed by atoms with Crippen molar-refractivity contribution in [2.24, 2.45) is 0 Å². The average molecular weight is 259 g/mol. The molecule has 0 bridgehead atoms. The lowest BCUT2D eigenvalue weighted by Gasteiger charge is -2.10. The molecule has 1 aromatic carbocycles. The predicted octanol–water partition coefficient (Wildman–Crippen LogP) is 1.80. The van der Waals surface area contributed by atoms with Crippen molar-refractivity contribution in [2.75, 3.05) is 5.32 Å². The summed E-state index contributed by atoms with van der Waals surface area (Å²) in [5, 5.41) is 8.08. The Morgan fingerprint density at radius 3 is 3.17 bits per heavy atom. The SMILES string of the molecule is O=C(NCc1cscn1)C1Cc2ccccc2N1. The number of hydrogen-bond donors (Lipinski definition) is 2. The molecule has 18 heavy (non-hydrogen) atoms. The molecule has 1 atom stereocenters. The minimum Gasteiger partial charge on any atom is -0.373 e. The smallest absolute Gasteiger partial charge is 0.243 e. The maximum Gasteiger partial charge on any atom is 0.243 e. The van der Waals surface area contributed by atoms with Gasteiger partial charge in [0.1, 0.15) is 6.04 Å². The van der Waals surface area contributed by atoms with Crippen LogP contribution in [0.4, 0.5) is 5.69 Å². The molecule has 1 aromatic heterocycles. The molecule has 2 N–H and O–H groups in total. The molecule has 3 rings (SSSR count). The van der Waals surface area contributed by atoms with Gasteiger partial charge in [-0.05, 0) is 11.6 Å². The number of benzene rings is 1. The van der Waals surface area contributed by atoms with E-state index in [-0.39, 0.29) is 11.9 Å². The quantitative estimate of drug-likeness (QED) is 0.883. The van der Waals surface area contributed by atoms with E-state index in [1.165, 1.54) is 16.9 Å². The summed E-state index contributed by atoms with van der Waals surface area (Å²) in [6.45, 7) is 0.497. The molecule has 1 unspecified atom stereocenters. The van der Waals surface area contributed by atoms with Crippen LogP contribution < -0.4 is 10.6 Å². The average Bonchev–Trinajstić information content (AvgIpc) is 3.04. The molecular formula is C13H13N3OS. The number of aromatic nitrogens is 1. The number of para-hydroxylation sites is 1. The molecule has 0 saturated heterocycles. The van der Waals surface area contributed by atoms with Gasteiger partial charge in [-0.2, -0.15) is 0 Å². The molecule has 0 spiro atoms. The van der Waals surface area contributed by atoms with Crippen LogP contribution in [0.1, 0.15) is 11.3 Å². The van der Waals surface area contributed by atoms with E-state index in [0.29, 0.717) is 6.54 Å². The molecule has 1 aliphatic heterocycles. The first-order valence-corrected chi connectivity index (χ1v) is 6.76. The van der Waals surface area contributed by atoms with Gasteiger partial charge >= 0.3 is 0 Å². The molecule has 5 heteroatoms. The highest BCUT2D eigenvalue weighted by atomic mass is 32.1. The van der Waals surface area contributed by atoms with Crippen molar-refractivity contribution in [2.45, 2.75) is 19.0 Å². The summed E-state index contributed by atoms with van der Waals surface area (Å²) >= 11 is 1.54. The number of anilines is 1. The highest BCUT2D eigenvalue weighted by Crippen LogP contribution is 2.25. The number of rotatable bonds is 3. The van der Waals surface area contributed by atoms with E-state index in [4.69, 9.17) is 0 Å². The molecular weight excluding hydrogens is 246 g/mol. The number of fused-ring (bicyclic) bond motifs is 1. The van der Waals surface area contributed by atoms with E-state index in [1.54, 1.807) is 5.51 Å². The van der Waals surface area contributed by atoms with Crippen LogP contribution in [-0.4, -0.2) is 16.9 Å². The molecule has 1 aliphatic rings. The lowest BCUT2D eigenvalue weighted by atomic mass is 10.1. The minimum atomic E-state index is -0.166. The van der Waals surface area contributed by atoms with Crippen molar-refractivity contribution in [3.8, 4) is 0 Å². The number of nitrogens with one attached hydrogen (secondary N) is 2. The second-order valence-electron chi connectivity index (χ2n) is 4.26. The summed E-state index contributed by atoms with van der Waals surface area (Å²) < 4.78 is 0. The van der Waals surface area contributed by atoms with Crippen LogP contribution in [0.3, 0.4) is 0 Å². The van der Waals surface area contributed by atoms with Crippen molar-refractivity contribution in [3.05, 3.63) is 46.4 Å². The Hall–Kier alpha value is -1.88. The van der Waals surface area contributed by atoms with E-state index in [0.717, 1.165) is 17.8 Å². The zero-order chi connectivity index (χ0) is 12.4. The van der Waals surface area contributed by atoms with Crippen LogP contribution in [0.5, 0.6) is 0 Å². The number of amides is 1. The number of nitrogens with zero attached hydrogens (tertiary/aromatic N) is 1. The molecule has 0 fully saturated rings. The zero-order valence-electron chi connectivity index (χ0n) is 9.72. The van der Waals surface area contributed by atoms with Gasteiger partial charge in [0.25, 0.3) is 0 Å². The Kier molecular flexibility index (Phi) is 2.98. The fourth-order valence-corrected chi connectivity index (χ4v) is 2.64. The maximum absolute atomic E-state index is 12.0. The van der Waals surface area contributed by atoms with E-state index < -0.39 is 0 Å². The Labute approximate surface area is 109 Å². The number of carbonyl (C=O) groups excluding carboxylic acids is 1. The van der Waals surface area contributed by atoms with Crippen molar-refractivity contribution < 1.29 is 4.79 Å². The Balaban J connectivity index is 1.59. The van der Waals surface area contributed by atoms with E-state index in [1.807, 2.05) is 23.6 Å². The lowest BCUT2D eigenvalue weighted by Crippen LogP contribution is -2.38. The summed E-state index contributed by atoms with van der Waals surface area (Å²) in [7, 11) is 0. The van der Waals surface area contributed by atoms with Gasteiger partial charge < -0.3 is 10.6 Å². The van der Waals surface area contributed by atoms with Crippen molar-refractivity contribution in [3.63, 3.8) is 0 Å². The second kappa shape index (κ2) is 4.78. The van der Waals surface area contributed by atoms with Gasteiger partial charge in [-0.25, -0.2) is 4.98 Å². The fourth-order valence-electron chi connectivity index (χ4n) is 2.08. The van der Waals surface area contributed by atoms with E-state index in [9.17, 15) is 4.79 Å². The van der Waals surface area contributed by atoms with Crippen molar-refractivity contribution in [1.82, 2.24) is 10.3 Å². The highest BCUT2D eigenvalue weighted by molar-refractivity contribution is 7.07. The van der Waals surface area contributed by atoms with Crippen LogP contribution in [0.15, 0.2) is 35.2 Å². The molecule has 1 amide bonds.